The zero-order chi connectivity index (χ0) is 26.8. The lowest BCUT2D eigenvalue weighted by molar-refractivity contribution is -0.140. The molecule has 2 fully saturated rings. The largest absolute Gasteiger partial charge is 0.496 e. The molecule has 1 saturated heterocycles. The van der Waals surface area contributed by atoms with Crippen LogP contribution in [-0.4, -0.2) is 54.2 Å². The predicted octanol–water partition coefficient (Wildman–Crippen LogP) is 5.14. The minimum atomic E-state index is 0.0156. The van der Waals surface area contributed by atoms with Crippen LogP contribution in [0, 0.1) is 19.8 Å². The van der Waals surface area contributed by atoms with Crippen LogP contribution in [0.25, 0.3) is 10.9 Å². The minimum absolute atomic E-state index is 0.0156. The van der Waals surface area contributed by atoms with Gasteiger partial charge in [-0.1, -0.05) is 6.07 Å². The Hall–Kier alpha value is -3.39. The van der Waals surface area contributed by atoms with Gasteiger partial charge in [0, 0.05) is 36.1 Å². The maximum Gasteiger partial charge on any atom is 0.225 e. The molecule has 3 N–H and O–H groups in total. The lowest BCUT2D eigenvalue weighted by Gasteiger charge is -2.34. The number of amides is 1. The van der Waals surface area contributed by atoms with Gasteiger partial charge < -0.3 is 25.4 Å². The first-order valence-electron chi connectivity index (χ1n) is 13.7. The number of nitrogens with zero attached hydrogens (tertiary/aromatic N) is 3. The van der Waals surface area contributed by atoms with E-state index < -0.39 is 0 Å². The van der Waals surface area contributed by atoms with Gasteiger partial charge in [0.2, 0.25) is 5.91 Å². The number of hydrogen-bond acceptors (Lipinski definition) is 7. The number of hydrogen-bond donors (Lipinski definition) is 2. The lowest BCUT2D eigenvalue weighted by atomic mass is 9.77. The number of carbonyl (C=O) groups is 1. The van der Waals surface area contributed by atoms with Crippen LogP contribution in [0.4, 0.5) is 11.5 Å². The number of aryl methyl sites for hydroxylation is 2. The van der Waals surface area contributed by atoms with E-state index in [1.807, 2.05) is 30.0 Å². The van der Waals surface area contributed by atoms with Crippen molar-refractivity contribution in [2.75, 3.05) is 44.5 Å². The van der Waals surface area contributed by atoms with Crippen molar-refractivity contribution >= 4 is 28.3 Å². The van der Waals surface area contributed by atoms with Crippen LogP contribution in [0.5, 0.6) is 5.75 Å². The number of rotatable bonds is 6. The highest BCUT2D eigenvalue weighted by Crippen LogP contribution is 2.42. The summed E-state index contributed by atoms with van der Waals surface area (Å²) >= 11 is 0. The normalized spacial score (nSPS) is 20.8. The number of aromatic nitrogens is 2. The van der Waals surface area contributed by atoms with Crippen molar-refractivity contribution in [2.45, 2.75) is 58.4 Å². The standard InChI is InChI=1S/C30H39N5O3/c1-18-13-23(15-24(31)14-18)19(2)32-29-26-16-25(28(37-4)17-27(26)33-20(3)34-29)21-5-7-22(8-6-21)30(36)35-9-11-38-12-10-35/h13-17,19,21-22H,5-12,31H2,1-4H3,(H,32,33,34)/t19-,21?,22?/m1/s1. The van der Waals surface area contributed by atoms with Crippen LogP contribution in [0.2, 0.25) is 0 Å². The predicted molar refractivity (Wildman–Crippen MR) is 151 cm³/mol. The number of benzene rings is 2. The summed E-state index contributed by atoms with van der Waals surface area (Å²) in [5.74, 6) is 3.07. The Morgan fingerprint density at radius 2 is 1.82 bits per heavy atom. The van der Waals surface area contributed by atoms with Gasteiger partial charge in [-0.05, 0) is 87.3 Å². The molecule has 0 unspecified atom stereocenters. The number of methoxy groups -OCH3 is 1. The van der Waals surface area contributed by atoms with E-state index in [-0.39, 0.29) is 12.0 Å². The molecule has 2 aliphatic rings. The van der Waals surface area contributed by atoms with Gasteiger partial charge in [-0.2, -0.15) is 0 Å². The van der Waals surface area contributed by atoms with E-state index in [1.54, 1.807) is 7.11 Å². The van der Waals surface area contributed by atoms with E-state index in [2.05, 4.69) is 31.3 Å². The number of nitrogen functional groups attached to an aromatic ring is 1. The molecule has 8 nitrogen and oxygen atoms in total. The van der Waals surface area contributed by atoms with Gasteiger partial charge in [-0.15, -0.1) is 0 Å². The van der Waals surface area contributed by atoms with E-state index >= 15 is 0 Å². The highest BCUT2D eigenvalue weighted by molar-refractivity contribution is 5.91. The third-order valence-electron chi connectivity index (χ3n) is 7.97. The Labute approximate surface area is 224 Å². The van der Waals surface area contributed by atoms with Gasteiger partial charge in [0.25, 0.3) is 0 Å². The first-order chi connectivity index (χ1) is 18.3. The van der Waals surface area contributed by atoms with Gasteiger partial charge >= 0.3 is 0 Å². The van der Waals surface area contributed by atoms with Crippen molar-refractivity contribution in [3.63, 3.8) is 0 Å². The van der Waals surface area contributed by atoms with Gasteiger partial charge in [0.05, 0.1) is 31.9 Å². The fourth-order valence-electron chi connectivity index (χ4n) is 5.97. The molecule has 1 saturated carbocycles. The molecule has 202 valence electrons. The number of nitrogens with two attached hydrogens (primary N) is 1. The summed E-state index contributed by atoms with van der Waals surface area (Å²) < 4.78 is 11.3. The van der Waals surface area contributed by atoms with E-state index in [9.17, 15) is 4.79 Å². The van der Waals surface area contributed by atoms with Crippen LogP contribution in [0.1, 0.15) is 67.1 Å². The number of anilines is 2. The van der Waals surface area contributed by atoms with Gasteiger partial charge in [-0.3, -0.25) is 4.79 Å². The molecule has 1 aliphatic carbocycles. The Kier molecular flexibility index (Phi) is 7.70. The van der Waals surface area contributed by atoms with Crippen LogP contribution in [-0.2, 0) is 9.53 Å². The fourth-order valence-corrected chi connectivity index (χ4v) is 5.97. The molecule has 8 heteroatoms. The molecule has 1 amide bonds. The quantitative estimate of drug-likeness (QED) is 0.436. The Bertz CT molecular complexity index is 1290. The second kappa shape index (κ2) is 11.2. The first-order valence-corrected chi connectivity index (χ1v) is 13.7. The summed E-state index contributed by atoms with van der Waals surface area (Å²) in [6, 6.07) is 10.4. The molecule has 5 rings (SSSR count). The second-order valence-corrected chi connectivity index (χ2v) is 10.8. The van der Waals surface area contributed by atoms with E-state index in [0.717, 1.165) is 65.0 Å². The van der Waals surface area contributed by atoms with Crippen molar-refractivity contribution in [3.05, 3.63) is 52.8 Å². The molecule has 38 heavy (non-hydrogen) atoms. The van der Waals surface area contributed by atoms with E-state index in [0.29, 0.717) is 44.0 Å². The summed E-state index contributed by atoms with van der Waals surface area (Å²) in [6.07, 6.45) is 3.70. The van der Waals surface area contributed by atoms with Gasteiger partial charge in [-0.25, -0.2) is 9.97 Å². The van der Waals surface area contributed by atoms with Crippen molar-refractivity contribution in [1.82, 2.24) is 14.9 Å². The molecule has 1 atom stereocenters. The molecule has 1 aromatic heterocycles. The molecule has 1 aliphatic heterocycles. The third-order valence-corrected chi connectivity index (χ3v) is 7.97. The monoisotopic (exact) mass is 517 g/mol. The SMILES string of the molecule is COc1cc2nc(C)nc(N[C@H](C)c3cc(C)cc(N)c3)c2cc1C1CCC(C(=O)N2CCOCC2)CC1. The second-order valence-electron chi connectivity index (χ2n) is 10.8. The highest BCUT2D eigenvalue weighted by Gasteiger charge is 2.32. The zero-order valence-electron chi connectivity index (χ0n) is 22.9. The first kappa shape index (κ1) is 26.2. The third kappa shape index (κ3) is 5.55. The Morgan fingerprint density at radius 1 is 1.08 bits per heavy atom. The molecular weight excluding hydrogens is 478 g/mol. The summed E-state index contributed by atoms with van der Waals surface area (Å²) in [7, 11) is 1.72. The van der Waals surface area contributed by atoms with Crippen molar-refractivity contribution < 1.29 is 14.3 Å². The summed E-state index contributed by atoms with van der Waals surface area (Å²) in [4.78, 5) is 24.5. The number of ether oxygens (including phenoxy) is 2. The van der Waals surface area contributed by atoms with Crippen molar-refractivity contribution in [1.29, 1.82) is 0 Å². The molecule has 0 bridgehead atoms. The lowest BCUT2D eigenvalue weighted by Crippen LogP contribution is -2.44. The molecule has 2 heterocycles. The van der Waals surface area contributed by atoms with Gasteiger partial charge in [0.1, 0.15) is 17.4 Å². The molecule has 0 radical (unpaired) electrons. The molecule has 0 spiro atoms. The van der Waals surface area contributed by atoms with Crippen LogP contribution < -0.4 is 15.8 Å². The van der Waals surface area contributed by atoms with Crippen LogP contribution >= 0.6 is 0 Å². The average molecular weight is 518 g/mol. The topological polar surface area (TPSA) is 103 Å². The number of fused-ring (bicyclic) bond motifs is 1. The van der Waals surface area contributed by atoms with E-state index in [4.69, 9.17) is 25.2 Å². The highest BCUT2D eigenvalue weighted by atomic mass is 16.5. The fraction of sp³-hybridized carbons (Fsp3) is 0.500. The maximum atomic E-state index is 13.0. The summed E-state index contributed by atoms with van der Waals surface area (Å²) in [6.45, 7) is 8.78. The Morgan fingerprint density at radius 3 is 2.50 bits per heavy atom. The van der Waals surface area contributed by atoms with E-state index in [1.165, 1.54) is 5.56 Å². The van der Waals surface area contributed by atoms with Crippen molar-refractivity contribution in [2.24, 2.45) is 5.92 Å². The number of nitrogens with one attached hydrogen (secondary N) is 1. The Balaban J connectivity index is 1.40. The zero-order valence-corrected chi connectivity index (χ0v) is 22.9. The number of morpholine rings is 1. The van der Waals surface area contributed by atoms with Crippen LogP contribution in [0.15, 0.2) is 30.3 Å². The minimum Gasteiger partial charge on any atom is -0.496 e. The summed E-state index contributed by atoms with van der Waals surface area (Å²) in [5.41, 5.74) is 11.1. The van der Waals surface area contributed by atoms with Crippen molar-refractivity contribution in [3.8, 4) is 5.75 Å². The molecule has 3 aromatic rings. The summed E-state index contributed by atoms with van der Waals surface area (Å²) in [5, 5.41) is 4.59. The van der Waals surface area contributed by atoms with Crippen LogP contribution in [0.3, 0.4) is 0 Å². The average Bonchev–Trinajstić information content (AvgIpc) is 2.92. The smallest absolute Gasteiger partial charge is 0.225 e. The maximum absolute atomic E-state index is 13.0. The molecular formula is C30H39N5O3. The number of carbonyl (C=O) groups excluding carboxylic acids is 1. The van der Waals surface area contributed by atoms with Gasteiger partial charge in [0.15, 0.2) is 0 Å². The molecule has 2 aromatic carbocycles.